The first-order valence-electron chi connectivity index (χ1n) is 6.98. The molecule has 0 saturated carbocycles. The number of hydrogen-bond acceptors (Lipinski definition) is 3. The quantitative estimate of drug-likeness (QED) is 0.710. The first-order valence-corrected chi connectivity index (χ1v) is 6.98. The summed E-state index contributed by atoms with van der Waals surface area (Å²) >= 11 is 0. The highest BCUT2D eigenvalue weighted by Crippen LogP contribution is 2.27. The van der Waals surface area contributed by atoms with E-state index in [1.807, 2.05) is 6.07 Å². The molecule has 1 aromatic carbocycles. The number of nitrogens with one attached hydrogen (secondary N) is 1. The molecule has 1 aromatic rings. The molecule has 19 heavy (non-hydrogen) atoms. The van der Waals surface area contributed by atoms with E-state index in [9.17, 15) is 0 Å². The fourth-order valence-electron chi connectivity index (χ4n) is 2.16. The van der Waals surface area contributed by atoms with Crippen LogP contribution in [0.2, 0.25) is 0 Å². The van der Waals surface area contributed by atoms with E-state index >= 15 is 0 Å². The van der Waals surface area contributed by atoms with Crippen LogP contribution in [0.4, 0.5) is 0 Å². The highest BCUT2D eigenvalue weighted by Gasteiger charge is 2.20. The summed E-state index contributed by atoms with van der Waals surface area (Å²) in [5, 5.41) is 12.2. The molecular weight excluding hydrogens is 238 g/mol. The average Bonchev–Trinajstić information content (AvgIpc) is 2.38. The molecule has 0 amide bonds. The molecule has 0 aromatic heterocycles. The Labute approximate surface area is 117 Å². The van der Waals surface area contributed by atoms with Gasteiger partial charge in [-0.25, -0.2) is 0 Å². The molecule has 2 N–H and O–H groups in total. The molecule has 3 nitrogen and oxygen atoms in total. The summed E-state index contributed by atoms with van der Waals surface area (Å²) in [5.74, 6) is 0.940. The number of aliphatic hydroxyl groups excluding tert-OH is 1. The number of aryl methyl sites for hydroxylation is 1. The molecule has 0 aliphatic rings. The number of ether oxygens (including phenoxy) is 1. The van der Waals surface area contributed by atoms with Crippen molar-refractivity contribution in [2.75, 3.05) is 26.8 Å². The molecule has 0 heterocycles. The molecule has 0 saturated heterocycles. The summed E-state index contributed by atoms with van der Waals surface area (Å²) in [4.78, 5) is 0. The lowest BCUT2D eigenvalue weighted by atomic mass is 9.83. The van der Waals surface area contributed by atoms with Crippen molar-refractivity contribution < 1.29 is 9.84 Å². The van der Waals surface area contributed by atoms with Gasteiger partial charge in [-0.05, 0) is 43.5 Å². The number of aliphatic hydroxyl groups is 1. The largest absolute Gasteiger partial charge is 0.496 e. The van der Waals surface area contributed by atoms with Crippen LogP contribution in [0.15, 0.2) is 18.2 Å². The van der Waals surface area contributed by atoms with Crippen molar-refractivity contribution in [2.24, 2.45) is 0 Å². The van der Waals surface area contributed by atoms with Crippen LogP contribution in [0.3, 0.4) is 0 Å². The van der Waals surface area contributed by atoms with Crippen LogP contribution in [0.5, 0.6) is 5.75 Å². The number of benzene rings is 1. The van der Waals surface area contributed by atoms with Crippen LogP contribution in [0.25, 0.3) is 0 Å². The second-order valence-electron chi connectivity index (χ2n) is 5.68. The Balaban J connectivity index is 2.58. The van der Waals surface area contributed by atoms with E-state index in [0.717, 1.165) is 31.7 Å². The van der Waals surface area contributed by atoms with E-state index in [2.05, 4.69) is 38.2 Å². The molecule has 0 atom stereocenters. The molecule has 3 heteroatoms. The highest BCUT2D eigenvalue weighted by molar-refractivity contribution is 5.39. The third-order valence-corrected chi connectivity index (χ3v) is 3.50. The molecule has 0 aliphatic heterocycles. The SMILES string of the molecule is COc1ccc(C(C)(C)CNCCCCO)cc1C. The zero-order chi connectivity index (χ0) is 14.3. The molecule has 0 unspecified atom stereocenters. The minimum absolute atomic E-state index is 0.0935. The molecular formula is C16H27NO2. The second kappa shape index (κ2) is 7.51. The zero-order valence-corrected chi connectivity index (χ0v) is 12.6. The smallest absolute Gasteiger partial charge is 0.121 e. The Morgan fingerprint density at radius 3 is 2.58 bits per heavy atom. The van der Waals surface area contributed by atoms with Gasteiger partial charge in [0.15, 0.2) is 0 Å². The predicted molar refractivity (Wildman–Crippen MR) is 79.9 cm³/mol. The summed E-state index contributed by atoms with van der Waals surface area (Å²) in [6.07, 6.45) is 1.89. The predicted octanol–water partition coefficient (Wildman–Crippen LogP) is 2.64. The van der Waals surface area contributed by atoms with E-state index in [1.165, 1.54) is 11.1 Å². The number of rotatable bonds is 8. The normalized spacial score (nSPS) is 11.6. The van der Waals surface area contributed by atoms with Crippen LogP contribution in [0, 0.1) is 6.92 Å². The van der Waals surface area contributed by atoms with Crippen molar-refractivity contribution in [3.05, 3.63) is 29.3 Å². The topological polar surface area (TPSA) is 41.5 Å². The Hall–Kier alpha value is -1.06. The number of unbranched alkanes of at least 4 members (excludes halogenated alkanes) is 1. The lowest BCUT2D eigenvalue weighted by molar-refractivity contribution is 0.283. The van der Waals surface area contributed by atoms with Crippen LogP contribution in [0.1, 0.15) is 37.8 Å². The minimum atomic E-state index is 0.0935. The van der Waals surface area contributed by atoms with Crippen molar-refractivity contribution in [3.8, 4) is 5.75 Å². The summed E-state index contributed by atoms with van der Waals surface area (Å²) in [6.45, 7) is 8.74. The lowest BCUT2D eigenvalue weighted by Crippen LogP contribution is -2.33. The standard InChI is InChI=1S/C16H27NO2/c1-13-11-14(7-8-15(13)19-4)16(2,3)12-17-9-5-6-10-18/h7-8,11,17-18H,5-6,9-10,12H2,1-4H3. The van der Waals surface area contributed by atoms with Crippen LogP contribution in [-0.4, -0.2) is 31.9 Å². The van der Waals surface area contributed by atoms with Gasteiger partial charge in [0.05, 0.1) is 7.11 Å². The Kier molecular flexibility index (Phi) is 6.32. The fourth-order valence-corrected chi connectivity index (χ4v) is 2.16. The summed E-state index contributed by atoms with van der Waals surface area (Å²) in [5.41, 5.74) is 2.59. The van der Waals surface area contributed by atoms with Gasteiger partial charge >= 0.3 is 0 Å². The van der Waals surface area contributed by atoms with Crippen molar-refractivity contribution in [1.29, 1.82) is 0 Å². The monoisotopic (exact) mass is 265 g/mol. The zero-order valence-electron chi connectivity index (χ0n) is 12.6. The molecule has 0 spiro atoms. The maximum absolute atomic E-state index is 8.74. The van der Waals surface area contributed by atoms with Crippen molar-refractivity contribution >= 4 is 0 Å². The van der Waals surface area contributed by atoms with Gasteiger partial charge in [0.1, 0.15) is 5.75 Å². The maximum atomic E-state index is 8.74. The Bertz CT molecular complexity index is 388. The average molecular weight is 265 g/mol. The van der Waals surface area contributed by atoms with E-state index in [4.69, 9.17) is 9.84 Å². The first-order chi connectivity index (χ1) is 9.01. The third-order valence-electron chi connectivity index (χ3n) is 3.50. The van der Waals surface area contributed by atoms with Gasteiger partial charge in [-0.1, -0.05) is 26.0 Å². The minimum Gasteiger partial charge on any atom is -0.496 e. The second-order valence-corrected chi connectivity index (χ2v) is 5.68. The van der Waals surface area contributed by atoms with Gasteiger partial charge < -0.3 is 15.2 Å². The van der Waals surface area contributed by atoms with E-state index in [0.29, 0.717) is 0 Å². The summed E-state index contributed by atoms with van der Waals surface area (Å²) in [6, 6.07) is 6.38. The third kappa shape index (κ3) is 4.84. The number of hydrogen-bond donors (Lipinski definition) is 2. The molecule has 0 bridgehead atoms. The molecule has 0 aliphatic carbocycles. The van der Waals surface area contributed by atoms with Gasteiger partial charge in [-0.2, -0.15) is 0 Å². The first kappa shape index (κ1) is 16.0. The van der Waals surface area contributed by atoms with Gasteiger partial charge in [0.25, 0.3) is 0 Å². The summed E-state index contributed by atoms with van der Waals surface area (Å²) < 4.78 is 5.30. The van der Waals surface area contributed by atoms with Crippen molar-refractivity contribution in [2.45, 2.75) is 39.0 Å². The van der Waals surface area contributed by atoms with Crippen LogP contribution < -0.4 is 10.1 Å². The maximum Gasteiger partial charge on any atom is 0.121 e. The van der Waals surface area contributed by atoms with Crippen LogP contribution in [-0.2, 0) is 5.41 Å². The highest BCUT2D eigenvalue weighted by atomic mass is 16.5. The fraction of sp³-hybridized carbons (Fsp3) is 0.625. The van der Waals surface area contributed by atoms with Gasteiger partial charge in [-0.15, -0.1) is 0 Å². The van der Waals surface area contributed by atoms with Gasteiger partial charge in [0.2, 0.25) is 0 Å². The van der Waals surface area contributed by atoms with E-state index in [1.54, 1.807) is 7.11 Å². The van der Waals surface area contributed by atoms with Gasteiger partial charge in [0, 0.05) is 18.6 Å². The van der Waals surface area contributed by atoms with E-state index in [-0.39, 0.29) is 12.0 Å². The Morgan fingerprint density at radius 1 is 1.26 bits per heavy atom. The van der Waals surface area contributed by atoms with Gasteiger partial charge in [-0.3, -0.25) is 0 Å². The van der Waals surface area contributed by atoms with Crippen LogP contribution >= 0.6 is 0 Å². The molecule has 1 rings (SSSR count). The molecule has 108 valence electrons. The van der Waals surface area contributed by atoms with Crippen molar-refractivity contribution in [3.63, 3.8) is 0 Å². The molecule has 0 radical (unpaired) electrons. The molecule has 0 fully saturated rings. The Morgan fingerprint density at radius 2 is 2.00 bits per heavy atom. The van der Waals surface area contributed by atoms with E-state index < -0.39 is 0 Å². The van der Waals surface area contributed by atoms with Crippen molar-refractivity contribution in [1.82, 2.24) is 5.32 Å². The lowest BCUT2D eigenvalue weighted by Gasteiger charge is -2.26. The summed E-state index contributed by atoms with van der Waals surface area (Å²) in [7, 11) is 1.70. The number of methoxy groups -OCH3 is 1.